The zero-order valence-corrected chi connectivity index (χ0v) is 15.3. The largest absolute Gasteiger partial charge is 0.482 e. The first-order valence-corrected chi connectivity index (χ1v) is 8.77. The molecule has 142 valence electrons. The second kappa shape index (κ2) is 10.1. The fraction of sp³-hybridized carbons (Fsp3) is 0.471. The van der Waals surface area contributed by atoms with Gasteiger partial charge in [-0.1, -0.05) is 11.6 Å². The molecule has 2 rings (SSSR count). The number of nitrogens with zero attached hydrogens (tertiary/aromatic N) is 1. The Labute approximate surface area is 156 Å². The number of ether oxygens (including phenoxy) is 1. The number of hydrogen-bond donors (Lipinski definition) is 4. The van der Waals surface area contributed by atoms with E-state index in [2.05, 4.69) is 21.2 Å². The van der Waals surface area contributed by atoms with E-state index >= 15 is 0 Å². The number of hydrogen-bond acceptors (Lipinski definition) is 6. The van der Waals surface area contributed by atoms with Crippen LogP contribution in [-0.4, -0.2) is 55.0 Å². The number of carbonyl (C=O) groups is 2. The third kappa shape index (κ3) is 6.62. The number of benzene rings is 1. The molecule has 1 aromatic rings. The van der Waals surface area contributed by atoms with Crippen LogP contribution in [0.2, 0.25) is 5.02 Å². The minimum atomic E-state index is -0.421. The maximum atomic E-state index is 11.8. The number of rotatable bonds is 9. The Bertz CT molecular complexity index is 679. The van der Waals surface area contributed by atoms with Crippen LogP contribution < -0.4 is 20.8 Å². The molecule has 8 nitrogen and oxygen atoms in total. The topological polar surface area (TPSA) is 112 Å². The van der Waals surface area contributed by atoms with Gasteiger partial charge in [-0.25, -0.2) is 5.43 Å². The minimum Gasteiger partial charge on any atom is -0.482 e. The van der Waals surface area contributed by atoms with Gasteiger partial charge in [0.15, 0.2) is 6.61 Å². The van der Waals surface area contributed by atoms with Gasteiger partial charge in [0.1, 0.15) is 5.75 Å². The molecule has 9 heteroatoms. The molecule has 1 aliphatic rings. The normalized spacial score (nSPS) is 15.0. The minimum absolute atomic E-state index is 0.105. The van der Waals surface area contributed by atoms with Gasteiger partial charge >= 0.3 is 0 Å². The average Bonchev–Trinajstić information content (AvgIpc) is 2.60. The van der Waals surface area contributed by atoms with E-state index in [0.29, 0.717) is 43.2 Å². The van der Waals surface area contributed by atoms with Crippen LogP contribution >= 0.6 is 11.6 Å². The maximum Gasteiger partial charge on any atom is 0.257 e. The molecule has 0 saturated carbocycles. The molecule has 1 atom stereocenters. The first kappa shape index (κ1) is 20.2. The van der Waals surface area contributed by atoms with Crippen LogP contribution in [0.3, 0.4) is 0 Å². The highest BCUT2D eigenvalue weighted by Gasteiger charge is 2.15. The van der Waals surface area contributed by atoms with Crippen molar-refractivity contribution in [2.75, 3.05) is 26.2 Å². The van der Waals surface area contributed by atoms with Crippen molar-refractivity contribution in [1.82, 2.24) is 16.1 Å². The Morgan fingerprint density at radius 3 is 2.88 bits per heavy atom. The molecule has 1 aromatic carbocycles. The fourth-order valence-corrected chi connectivity index (χ4v) is 2.51. The molecular weight excluding hydrogens is 360 g/mol. The van der Waals surface area contributed by atoms with Gasteiger partial charge in [-0.05, 0) is 30.7 Å². The van der Waals surface area contributed by atoms with E-state index in [4.69, 9.17) is 21.4 Å². The van der Waals surface area contributed by atoms with E-state index in [1.807, 2.05) is 0 Å². The quantitative estimate of drug-likeness (QED) is 0.462. The standard InChI is InChI=1S/C17H23ClN4O4/c1-11(23)9-19-6-7-20-17(25)10-26-15-4-2-12(8-13(15)18)14-3-5-16(24)22-21-14/h2,4,8,11,19,23H,3,5-7,9-10H2,1H3,(H,20,25)(H,22,24). The first-order valence-electron chi connectivity index (χ1n) is 8.39. The van der Waals surface area contributed by atoms with E-state index in [-0.39, 0.29) is 18.4 Å². The lowest BCUT2D eigenvalue weighted by Gasteiger charge is -2.14. The van der Waals surface area contributed by atoms with Crippen molar-refractivity contribution >= 4 is 29.1 Å². The fourth-order valence-electron chi connectivity index (χ4n) is 2.28. The Morgan fingerprint density at radius 2 is 2.23 bits per heavy atom. The number of aliphatic hydroxyl groups is 1. The summed E-state index contributed by atoms with van der Waals surface area (Å²) in [5.41, 5.74) is 3.99. The van der Waals surface area contributed by atoms with E-state index in [1.165, 1.54) is 0 Å². The second-order valence-electron chi connectivity index (χ2n) is 5.93. The van der Waals surface area contributed by atoms with Crippen LogP contribution in [0.4, 0.5) is 0 Å². The Morgan fingerprint density at radius 1 is 1.42 bits per heavy atom. The summed E-state index contributed by atoms with van der Waals surface area (Å²) in [6.07, 6.45) is 0.518. The Kier molecular flexibility index (Phi) is 7.83. The van der Waals surface area contributed by atoms with Crippen molar-refractivity contribution in [3.8, 4) is 5.75 Å². The smallest absolute Gasteiger partial charge is 0.257 e. The predicted octanol–water partition coefficient (Wildman–Crippen LogP) is 0.420. The Hall–Kier alpha value is -2.16. The van der Waals surface area contributed by atoms with Crippen molar-refractivity contribution in [1.29, 1.82) is 0 Å². The third-order valence-electron chi connectivity index (χ3n) is 3.59. The van der Waals surface area contributed by atoms with E-state index in [1.54, 1.807) is 25.1 Å². The highest BCUT2D eigenvalue weighted by Crippen LogP contribution is 2.26. The molecule has 0 radical (unpaired) electrons. The monoisotopic (exact) mass is 382 g/mol. The maximum absolute atomic E-state index is 11.8. The van der Waals surface area contributed by atoms with E-state index < -0.39 is 6.10 Å². The lowest BCUT2D eigenvalue weighted by atomic mass is 10.0. The Balaban J connectivity index is 1.77. The summed E-state index contributed by atoms with van der Waals surface area (Å²) in [6.45, 7) is 3.01. The number of hydrazone groups is 1. The van der Waals surface area contributed by atoms with Gasteiger partial charge in [-0.3, -0.25) is 9.59 Å². The molecule has 0 saturated heterocycles. The summed E-state index contributed by atoms with van der Waals surface area (Å²) in [7, 11) is 0. The van der Waals surface area contributed by atoms with Crippen molar-refractivity contribution in [2.24, 2.45) is 5.10 Å². The zero-order valence-electron chi connectivity index (χ0n) is 14.5. The molecule has 2 amide bonds. The molecule has 4 N–H and O–H groups in total. The molecular formula is C17H23ClN4O4. The summed E-state index contributed by atoms with van der Waals surface area (Å²) in [5.74, 6) is 0.0356. The molecule has 0 aromatic heterocycles. The second-order valence-corrected chi connectivity index (χ2v) is 6.34. The van der Waals surface area contributed by atoms with Crippen molar-refractivity contribution in [2.45, 2.75) is 25.9 Å². The highest BCUT2D eigenvalue weighted by molar-refractivity contribution is 6.32. The van der Waals surface area contributed by atoms with E-state index in [0.717, 1.165) is 11.3 Å². The zero-order chi connectivity index (χ0) is 18.9. The van der Waals surface area contributed by atoms with E-state index in [9.17, 15) is 9.59 Å². The lowest BCUT2D eigenvalue weighted by molar-refractivity contribution is -0.123. The summed E-state index contributed by atoms with van der Waals surface area (Å²) in [5, 5.41) is 19.2. The van der Waals surface area contributed by atoms with Crippen molar-refractivity contribution < 1.29 is 19.4 Å². The highest BCUT2D eigenvalue weighted by atomic mass is 35.5. The van der Waals surface area contributed by atoms with Crippen molar-refractivity contribution in [3.63, 3.8) is 0 Å². The van der Waals surface area contributed by atoms with Crippen LogP contribution in [0.25, 0.3) is 0 Å². The number of nitrogens with one attached hydrogen (secondary N) is 3. The van der Waals surface area contributed by atoms with Gasteiger partial charge < -0.3 is 20.5 Å². The van der Waals surface area contributed by atoms with Crippen LogP contribution in [0.1, 0.15) is 25.3 Å². The third-order valence-corrected chi connectivity index (χ3v) is 3.89. The van der Waals surface area contributed by atoms with Crippen LogP contribution in [0.15, 0.2) is 23.3 Å². The van der Waals surface area contributed by atoms with Gasteiger partial charge in [0.05, 0.1) is 16.8 Å². The van der Waals surface area contributed by atoms with Gasteiger partial charge in [0.25, 0.3) is 5.91 Å². The molecule has 1 aliphatic heterocycles. The number of carbonyl (C=O) groups excluding carboxylic acids is 2. The van der Waals surface area contributed by atoms with Crippen LogP contribution in [-0.2, 0) is 9.59 Å². The van der Waals surface area contributed by atoms with Gasteiger partial charge in [0, 0.05) is 32.5 Å². The average molecular weight is 383 g/mol. The summed E-state index contributed by atoms with van der Waals surface area (Å²) < 4.78 is 5.44. The van der Waals surface area contributed by atoms with Crippen LogP contribution in [0, 0.1) is 0 Å². The summed E-state index contributed by atoms with van der Waals surface area (Å²) >= 11 is 6.20. The first-order chi connectivity index (χ1) is 12.5. The van der Waals surface area contributed by atoms with Gasteiger partial charge in [0.2, 0.25) is 5.91 Å². The lowest BCUT2D eigenvalue weighted by Crippen LogP contribution is -2.36. The van der Waals surface area contributed by atoms with Crippen LogP contribution in [0.5, 0.6) is 5.75 Å². The van der Waals surface area contributed by atoms with Crippen molar-refractivity contribution in [3.05, 3.63) is 28.8 Å². The SMILES string of the molecule is CC(O)CNCCNC(=O)COc1ccc(C2=NNC(=O)CC2)cc1Cl. The predicted molar refractivity (Wildman–Crippen MR) is 98.4 cm³/mol. The molecule has 1 unspecified atom stereocenters. The molecule has 0 fully saturated rings. The summed E-state index contributed by atoms with van der Waals surface area (Å²) in [6, 6.07) is 5.16. The number of halogens is 1. The summed E-state index contributed by atoms with van der Waals surface area (Å²) in [4.78, 5) is 22.9. The number of amides is 2. The molecule has 0 spiro atoms. The number of aliphatic hydroxyl groups excluding tert-OH is 1. The van der Waals surface area contributed by atoms with Gasteiger partial charge in [-0.2, -0.15) is 5.10 Å². The molecule has 1 heterocycles. The molecule has 26 heavy (non-hydrogen) atoms. The van der Waals surface area contributed by atoms with Gasteiger partial charge in [-0.15, -0.1) is 0 Å². The molecule has 0 bridgehead atoms. The molecule has 0 aliphatic carbocycles.